The average molecular weight is 358 g/mol. The average Bonchev–Trinajstić information content (AvgIpc) is 2.95. The highest BCUT2D eigenvalue weighted by Gasteiger charge is 2.18. The largest absolute Gasteiger partial charge is 0.349 e. The van der Waals surface area contributed by atoms with Gasteiger partial charge in [0, 0.05) is 18.1 Å². The lowest BCUT2D eigenvalue weighted by atomic mass is 10.2. The van der Waals surface area contributed by atoms with Crippen molar-refractivity contribution >= 4 is 29.9 Å². The normalized spacial score (nSPS) is 10.2. The number of nitrogens with zero attached hydrogens (tertiary/aromatic N) is 3. The van der Waals surface area contributed by atoms with E-state index in [0.29, 0.717) is 23.7 Å². The lowest BCUT2D eigenvalue weighted by molar-refractivity contribution is 0.0948. The summed E-state index contributed by atoms with van der Waals surface area (Å²) in [4.78, 5) is 12.2. The molecule has 1 heterocycles. The van der Waals surface area contributed by atoms with E-state index in [1.54, 1.807) is 16.8 Å². The van der Waals surface area contributed by atoms with Gasteiger partial charge in [0.1, 0.15) is 0 Å². The van der Waals surface area contributed by atoms with Crippen molar-refractivity contribution in [3.8, 4) is 5.69 Å². The zero-order valence-corrected chi connectivity index (χ0v) is 14.7. The smallest absolute Gasteiger partial charge is 0.273 e. The SMILES string of the molecule is CCNCCNC(=O)c1nnn(-c2cccc(Cl)c2)c1CC.Cl. The number of carbonyl (C=O) groups is 1. The van der Waals surface area contributed by atoms with E-state index in [4.69, 9.17) is 11.6 Å². The lowest BCUT2D eigenvalue weighted by Crippen LogP contribution is -2.32. The quantitative estimate of drug-likeness (QED) is 0.745. The maximum atomic E-state index is 12.2. The molecule has 0 radical (unpaired) electrons. The maximum absolute atomic E-state index is 12.2. The first-order chi connectivity index (χ1) is 10.7. The molecule has 2 aromatic rings. The number of rotatable bonds is 7. The van der Waals surface area contributed by atoms with Gasteiger partial charge in [-0.2, -0.15) is 0 Å². The topological polar surface area (TPSA) is 71.8 Å². The summed E-state index contributed by atoms with van der Waals surface area (Å²) in [6, 6.07) is 7.31. The van der Waals surface area contributed by atoms with Crippen LogP contribution in [0.25, 0.3) is 5.69 Å². The van der Waals surface area contributed by atoms with Crippen molar-refractivity contribution in [1.82, 2.24) is 25.6 Å². The summed E-state index contributed by atoms with van der Waals surface area (Å²) in [5.74, 6) is -0.206. The predicted octanol–water partition coefficient (Wildman–Crippen LogP) is 2.24. The van der Waals surface area contributed by atoms with Gasteiger partial charge in [-0.05, 0) is 31.2 Å². The maximum Gasteiger partial charge on any atom is 0.273 e. The molecule has 0 bridgehead atoms. The van der Waals surface area contributed by atoms with Crippen LogP contribution in [0.4, 0.5) is 0 Å². The van der Waals surface area contributed by atoms with Gasteiger partial charge in [-0.3, -0.25) is 4.79 Å². The lowest BCUT2D eigenvalue weighted by Gasteiger charge is -2.07. The molecule has 0 aliphatic heterocycles. The van der Waals surface area contributed by atoms with Crippen LogP contribution in [0.15, 0.2) is 24.3 Å². The molecule has 0 fully saturated rings. The molecule has 8 heteroatoms. The first kappa shape index (κ1) is 19.4. The fourth-order valence-corrected chi connectivity index (χ4v) is 2.32. The van der Waals surface area contributed by atoms with E-state index in [2.05, 4.69) is 20.9 Å². The molecule has 0 saturated carbocycles. The van der Waals surface area contributed by atoms with E-state index in [9.17, 15) is 4.79 Å². The van der Waals surface area contributed by atoms with Crippen molar-refractivity contribution in [2.24, 2.45) is 0 Å². The summed E-state index contributed by atoms with van der Waals surface area (Å²) in [7, 11) is 0. The summed E-state index contributed by atoms with van der Waals surface area (Å²) in [5, 5.41) is 14.7. The second-order valence-corrected chi connectivity index (χ2v) is 5.18. The molecule has 0 atom stereocenters. The number of likely N-dealkylation sites (N-methyl/N-ethyl adjacent to an activating group) is 1. The molecule has 1 aromatic carbocycles. The van der Waals surface area contributed by atoms with Gasteiger partial charge in [-0.15, -0.1) is 17.5 Å². The van der Waals surface area contributed by atoms with E-state index >= 15 is 0 Å². The number of halogens is 2. The Balaban J connectivity index is 0.00000264. The minimum Gasteiger partial charge on any atom is -0.349 e. The van der Waals surface area contributed by atoms with Gasteiger partial charge in [0.15, 0.2) is 5.69 Å². The van der Waals surface area contributed by atoms with E-state index in [1.807, 2.05) is 26.0 Å². The van der Waals surface area contributed by atoms with Gasteiger partial charge in [-0.1, -0.05) is 36.7 Å². The number of aromatic nitrogens is 3. The van der Waals surface area contributed by atoms with Crippen LogP contribution in [-0.2, 0) is 6.42 Å². The van der Waals surface area contributed by atoms with E-state index in [-0.39, 0.29) is 18.3 Å². The summed E-state index contributed by atoms with van der Waals surface area (Å²) in [5.41, 5.74) is 1.92. The zero-order chi connectivity index (χ0) is 15.9. The Morgan fingerprint density at radius 2 is 2.09 bits per heavy atom. The van der Waals surface area contributed by atoms with Crippen LogP contribution in [0.5, 0.6) is 0 Å². The summed E-state index contributed by atoms with van der Waals surface area (Å²) in [6.45, 7) is 6.15. The number of nitrogens with one attached hydrogen (secondary N) is 2. The van der Waals surface area contributed by atoms with Gasteiger partial charge in [0.25, 0.3) is 5.91 Å². The first-order valence-electron chi connectivity index (χ1n) is 7.36. The number of amides is 1. The highest BCUT2D eigenvalue weighted by Crippen LogP contribution is 2.17. The molecule has 0 spiro atoms. The van der Waals surface area contributed by atoms with Crippen molar-refractivity contribution in [3.05, 3.63) is 40.7 Å². The standard InChI is InChI=1S/C15H20ClN5O.ClH/c1-3-13-14(15(22)18-9-8-17-4-2)19-20-21(13)12-7-5-6-11(16)10-12;/h5-7,10,17H,3-4,8-9H2,1-2H3,(H,18,22);1H. The highest BCUT2D eigenvalue weighted by molar-refractivity contribution is 6.30. The second kappa shape index (κ2) is 9.50. The van der Waals surface area contributed by atoms with E-state index < -0.39 is 0 Å². The molecule has 6 nitrogen and oxygen atoms in total. The van der Waals surface area contributed by atoms with Crippen LogP contribution in [-0.4, -0.2) is 40.5 Å². The van der Waals surface area contributed by atoms with E-state index in [1.165, 1.54) is 0 Å². The Morgan fingerprint density at radius 1 is 1.30 bits per heavy atom. The van der Waals surface area contributed by atoms with Crippen molar-refractivity contribution in [3.63, 3.8) is 0 Å². The summed E-state index contributed by atoms with van der Waals surface area (Å²) in [6.07, 6.45) is 0.648. The highest BCUT2D eigenvalue weighted by atomic mass is 35.5. The fraction of sp³-hybridized carbons (Fsp3) is 0.400. The number of benzene rings is 1. The van der Waals surface area contributed by atoms with Gasteiger partial charge >= 0.3 is 0 Å². The fourth-order valence-electron chi connectivity index (χ4n) is 2.14. The van der Waals surface area contributed by atoms with Crippen LogP contribution in [0.3, 0.4) is 0 Å². The first-order valence-corrected chi connectivity index (χ1v) is 7.74. The molecule has 0 aliphatic carbocycles. The number of hydrogen-bond acceptors (Lipinski definition) is 4. The Bertz CT molecular complexity index is 645. The third kappa shape index (κ3) is 4.92. The summed E-state index contributed by atoms with van der Waals surface area (Å²) >= 11 is 6.01. The third-order valence-corrected chi connectivity index (χ3v) is 3.44. The molecule has 0 unspecified atom stereocenters. The molecular formula is C15H21Cl2N5O. The molecule has 1 aromatic heterocycles. The molecular weight excluding hydrogens is 337 g/mol. The van der Waals surface area contributed by atoms with Crippen LogP contribution < -0.4 is 10.6 Å². The Kier molecular flexibility index (Phi) is 8.02. The Morgan fingerprint density at radius 3 is 2.74 bits per heavy atom. The Labute approximate surface area is 147 Å². The predicted molar refractivity (Wildman–Crippen MR) is 93.9 cm³/mol. The minimum absolute atomic E-state index is 0. The van der Waals surface area contributed by atoms with E-state index in [0.717, 1.165) is 24.5 Å². The molecule has 23 heavy (non-hydrogen) atoms. The molecule has 1 amide bonds. The molecule has 2 rings (SSSR count). The van der Waals surface area contributed by atoms with Crippen molar-refractivity contribution in [2.75, 3.05) is 19.6 Å². The van der Waals surface area contributed by atoms with Gasteiger partial charge in [0.2, 0.25) is 0 Å². The van der Waals surface area contributed by atoms with Gasteiger partial charge < -0.3 is 10.6 Å². The van der Waals surface area contributed by atoms with Crippen molar-refractivity contribution in [1.29, 1.82) is 0 Å². The zero-order valence-electron chi connectivity index (χ0n) is 13.2. The third-order valence-electron chi connectivity index (χ3n) is 3.20. The van der Waals surface area contributed by atoms with Crippen LogP contribution in [0, 0.1) is 0 Å². The number of hydrogen-bond donors (Lipinski definition) is 2. The van der Waals surface area contributed by atoms with Crippen LogP contribution in [0.1, 0.15) is 30.0 Å². The van der Waals surface area contributed by atoms with Crippen molar-refractivity contribution in [2.45, 2.75) is 20.3 Å². The van der Waals surface area contributed by atoms with Crippen LogP contribution >= 0.6 is 24.0 Å². The molecule has 2 N–H and O–H groups in total. The molecule has 0 saturated heterocycles. The number of carbonyl (C=O) groups excluding carboxylic acids is 1. The minimum atomic E-state index is -0.206. The van der Waals surface area contributed by atoms with Gasteiger partial charge in [-0.25, -0.2) is 4.68 Å². The van der Waals surface area contributed by atoms with Crippen LogP contribution in [0.2, 0.25) is 5.02 Å². The van der Waals surface area contributed by atoms with Crippen molar-refractivity contribution < 1.29 is 4.79 Å². The molecule has 0 aliphatic rings. The molecule has 126 valence electrons. The Hall–Kier alpha value is -1.63. The summed E-state index contributed by atoms with van der Waals surface area (Å²) < 4.78 is 1.66. The monoisotopic (exact) mass is 357 g/mol. The second-order valence-electron chi connectivity index (χ2n) is 4.74. The van der Waals surface area contributed by atoms with Gasteiger partial charge in [0.05, 0.1) is 11.4 Å².